The maximum absolute atomic E-state index is 13.4. The Kier molecular flexibility index (Phi) is 5.41. The van der Waals surface area contributed by atoms with Gasteiger partial charge in [-0.15, -0.1) is 0 Å². The van der Waals surface area contributed by atoms with Crippen LogP contribution in [0, 0.1) is 0 Å². The van der Waals surface area contributed by atoms with Crippen molar-refractivity contribution in [2.75, 3.05) is 25.2 Å². The molecule has 1 fully saturated rings. The molecule has 27 heavy (non-hydrogen) atoms. The Morgan fingerprint density at radius 3 is 2.59 bits per heavy atom. The van der Waals surface area contributed by atoms with E-state index in [9.17, 15) is 23.1 Å². The molecule has 1 aromatic heterocycles. The molecule has 1 aromatic carbocycles. The average Bonchev–Trinajstić information content (AvgIpc) is 3.12. The standard InChI is InChI=1S/C18H20F3N3O3/c1-27-14-6-4-12(5-7-14)10-24-17(26)15(18(19,20)21)9-16(22-24)23-8-2-3-13(23)11-25/h4-7,9,13,25H,2-3,8,10-11H2,1H3/t13-/m1/s1. The van der Waals surface area contributed by atoms with Crippen LogP contribution in [0.15, 0.2) is 35.1 Å². The van der Waals surface area contributed by atoms with Gasteiger partial charge in [-0.3, -0.25) is 4.79 Å². The summed E-state index contributed by atoms with van der Waals surface area (Å²) in [6, 6.07) is 7.14. The van der Waals surface area contributed by atoms with E-state index < -0.39 is 17.3 Å². The number of rotatable bonds is 5. The van der Waals surface area contributed by atoms with Crippen LogP contribution in [0.1, 0.15) is 24.0 Å². The van der Waals surface area contributed by atoms with Crippen molar-refractivity contribution in [1.29, 1.82) is 0 Å². The number of hydrogen-bond acceptors (Lipinski definition) is 5. The van der Waals surface area contributed by atoms with Gasteiger partial charge in [0.05, 0.1) is 26.3 Å². The zero-order valence-electron chi connectivity index (χ0n) is 14.7. The van der Waals surface area contributed by atoms with Gasteiger partial charge in [0.25, 0.3) is 5.56 Å². The van der Waals surface area contributed by atoms with Crippen molar-refractivity contribution in [1.82, 2.24) is 9.78 Å². The first kappa shape index (κ1) is 19.2. The van der Waals surface area contributed by atoms with Crippen LogP contribution in [0.3, 0.4) is 0 Å². The van der Waals surface area contributed by atoms with E-state index in [4.69, 9.17) is 4.74 Å². The van der Waals surface area contributed by atoms with Crippen LogP contribution in [-0.2, 0) is 12.7 Å². The number of aliphatic hydroxyl groups is 1. The summed E-state index contributed by atoms with van der Waals surface area (Å²) in [7, 11) is 1.51. The highest BCUT2D eigenvalue weighted by molar-refractivity contribution is 5.43. The van der Waals surface area contributed by atoms with Gasteiger partial charge in [-0.1, -0.05) is 12.1 Å². The molecule has 1 saturated heterocycles. The van der Waals surface area contributed by atoms with E-state index >= 15 is 0 Å². The lowest BCUT2D eigenvalue weighted by atomic mass is 10.2. The highest BCUT2D eigenvalue weighted by atomic mass is 19.4. The minimum Gasteiger partial charge on any atom is -0.497 e. The van der Waals surface area contributed by atoms with Crippen LogP contribution < -0.4 is 15.2 Å². The Morgan fingerprint density at radius 2 is 2.00 bits per heavy atom. The maximum atomic E-state index is 13.4. The van der Waals surface area contributed by atoms with Gasteiger partial charge >= 0.3 is 6.18 Å². The second-order valence-electron chi connectivity index (χ2n) is 6.40. The van der Waals surface area contributed by atoms with Crippen LogP contribution in [0.5, 0.6) is 5.75 Å². The molecular formula is C18H20F3N3O3. The van der Waals surface area contributed by atoms with Crippen LogP contribution >= 0.6 is 0 Å². The molecule has 0 radical (unpaired) electrons. The number of hydrogen-bond donors (Lipinski definition) is 1. The predicted octanol–water partition coefficient (Wildman–Crippen LogP) is 2.28. The van der Waals surface area contributed by atoms with Crippen LogP contribution in [0.25, 0.3) is 0 Å². The van der Waals surface area contributed by atoms with Crippen LogP contribution in [-0.4, -0.2) is 41.2 Å². The van der Waals surface area contributed by atoms with Gasteiger partial charge < -0.3 is 14.7 Å². The highest BCUT2D eigenvalue weighted by Crippen LogP contribution is 2.30. The van der Waals surface area contributed by atoms with E-state index in [2.05, 4.69) is 5.10 Å². The lowest BCUT2D eigenvalue weighted by Gasteiger charge is -2.25. The van der Waals surface area contributed by atoms with Crippen molar-refractivity contribution in [3.8, 4) is 5.75 Å². The molecule has 146 valence electrons. The molecule has 9 heteroatoms. The first-order valence-corrected chi connectivity index (χ1v) is 8.53. The lowest BCUT2D eigenvalue weighted by Crippen LogP contribution is -2.37. The normalized spacial score (nSPS) is 17.4. The third kappa shape index (κ3) is 4.08. The van der Waals surface area contributed by atoms with E-state index in [1.54, 1.807) is 29.2 Å². The van der Waals surface area contributed by atoms with Crippen molar-refractivity contribution in [2.24, 2.45) is 0 Å². The summed E-state index contributed by atoms with van der Waals surface area (Å²) in [6.45, 7) is 0.203. The summed E-state index contributed by atoms with van der Waals surface area (Å²) in [5.74, 6) is 0.652. The molecule has 0 aliphatic carbocycles. The largest absolute Gasteiger partial charge is 0.497 e. The average molecular weight is 383 g/mol. The summed E-state index contributed by atoms with van der Waals surface area (Å²) in [5, 5.41) is 13.6. The predicted molar refractivity (Wildman–Crippen MR) is 93.0 cm³/mol. The smallest absolute Gasteiger partial charge is 0.421 e. The maximum Gasteiger partial charge on any atom is 0.421 e. The molecule has 2 heterocycles. The van der Waals surface area contributed by atoms with Gasteiger partial charge in [-0.25, -0.2) is 4.68 Å². The number of benzene rings is 1. The van der Waals surface area contributed by atoms with Gasteiger partial charge in [-0.2, -0.15) is 18.3 Å². The van der Waals surface area contributed by atoms with Gasteiger partial charge in [0, 0.05) is 12.6 Å². The van der Waals surface area contributed by atoms with Crippen molar-refractivity contribution in [2.45, 2.75) is 31.6 Å². The number of alkyl halides is 3. The Labute approximate surface area is 153 Å². The van der Waals surface area contributed by atoms with E-state index in [0.29, 0.717) is 24.3 Å². The summed E-state index contributed by atoms with van der Waals surface area (Å²) in [4.78, 5) is 14.0. The molecule has 1 N–H and O–H groups in total. The highest BCUT2D eigenvalue weighted by Gasteiger charge is 2.37. The molecule has 1 aliphatic heterocycles. The fraction of sp³-hybridized carbons (Fsp3) is 0.444. The van der Waals surface area contributed by atoms with Gasteiger partial charge in [0.15, 0.2) is 0 Å². The summed E-state index contributed by atoms with van der Waals surface area (Å²) >= 11 is 0. The van der Waals surface area contributed by atoms with E-state index in [1.807, 2.05) is 0 Å². The Hall–Kier alpha value is -2.55. The number of halogens is 3. The van der Waals surface area contributed by atoms with Crippen molar-refractivity contribution in [3.63, 3.8) is 0 Å². The Morgan fingerprint density at radius 1 is 1.30 bits per heavy atom. The van der Waals surface area contributed by atoms with Gasteiger partial charge in [0.2, 0.25) is 0 Å². The Bertz CT molecular complexity index is 850. The molecule has 1 atom stereocenters. The summed E-state index contributed by atoms with van der Waals surface area (Å²) in [6.07, 6.45) is -3.38. The monoisotopic (exact) mass is 383 g/mol. The molecule has 0 saturated carbocycles. The zero-order chi connectivity index (χ0) is 19.6. The molecule has 6 nitrogen and oxygen atoms in total. The second kappa shape index (κ2) is 7.59. The fourth-order valence-corrected chi connectivity index (χ4v) is 3.21. The summed E-state index contributed by atoms with van der Waals surface area (Å²) < 4.78 is 46.0. The van der Waals surface area contributed by atoms with Crippen molar-refractivity contribution in [3.05, 3.63) is 51.8 Å². The molecule has 0 amide bonds. The molecule has 0 spiro atoms. The molecule has 0 bridgehead atoms. The van der Waals surface area contributed by atoms with Crippen LogP contribution in [0.2, 0.25) is 0 Å². The van der Waals surface area contributed by atoms with E-state index in [1.165, 1.54) is 7.11 Å². The summed E-state index contributed by atoms with van der Waals surface area (Å²) in [5.41, 5.74) is -1.83. The number of ether oxygens (including phenoxy) is 1. The minimum atomic E-state index is -4.79. The quantitative estimate of drug-likeness (QED) is 0.858. The SMILES string of the molecule is COc1ccc(Cn2nc(N3CCC[C@@H]3CO)cc(C(F)(F)F)c2=O)cc1. The molecule has 3 rings (SSSR count). The zero-order valence-corrected chi connectivity index (χ0v) is 14.7. The second-order valence-corrected chi connectivity index (χ2v) is 6.40. The number of aromatic nitrogens is 2. The Balaban J connectivity index is 2.03. The van der Waals surface area contributed by atoms with Crippen molar-refractivity contribution < 1.29 is 23.0 Å². The first-order valence-electron chi connectivity index (χ1n) is 8.53. The van der Waals surface area contributed by atoms with Crippen molar-refractivity contribution >= 4 is 5.82 Å². The number of methoxy groups -OCH3 is 1. The molecule has 1 aliphatic rings. The topological polar surface area (TPSA) is 67.6 Å². The molecule has 2 aromatic rings. The third-order valence-electron chi connectivity index (χ3n) is 4.64. The number of nitrogens with zero attached hydrogens (tertiary/aromatic N) is 3. The molecular weight excluding hydrogens is 363 g/mol. The number of aliphatic hydroxyl groups excluding tert-OH is 1. The van der Waals surface area contributed by atoms with E-state index in [0.717, 1.165) is 17.2 Å². The van der Waals surface area contributed by atoms with Crippen LogP contribution in [0.4, 0.5) is 19.0 Å². The fourth-order valence-electron chi connectivity index (χ4n) is 3.21. The lowest BCUT2D eigenvalue weighted by molar-refractivity contribution is -0.139. The number of anilines is 1. The van der Waals surface area contributed by atoms with Gasteiger partial charge in [-0.05, 0) is 30.5 Å². The third-order valence-corrected chi connectivity index (χ3v) is 4.64. The first-order chi connectivity index (χ1) is 12.8. The van der Waals surface area contributed by atoms with Gasteiger partial charge in [0.1, 0.15) is 17.1 Å². The molecule has 0 unspecified atom stereocenters. The van der Waals surface area contributed by atoms with E-state index in [-0.39, 0.29) is 25.0 Å². The minimum absolute atomic E-state index is 0.0481.